The van der Waals surface area contributed by atoms with E-state index in [1.807, 2.05) is 4.90 Å². The van der Waals surface area contributed by atoms with Crippen molar-refractivity contribution < 1.29 is 14.3 Å². The lowest BCUT2D eigenvalue weighted by atomic mass is 10.3. The Labute approximate surface area is 139 Å². The maximum Gasteiger partial charge on any atom is 0.315 e. The van der Waals surface area contributed by atoms with E-state index in [2.05, 4.69) is 22.4 Å². The first-order valence-electron chi connectivity index (χ1n) is 7.45. The molecule has 0 aliphatic carbocycles. The monoisotopic (exact) mass is 342 g/mol. The lowest BCUT2D eigenvalue weighted by molar-refractivity contribution is -0.139. The van der Waals surface area contributed by atoms with Crippen LogP contribution in [0.15, 0.2) is 17.5 Å². The molecule has 5 nitrogen and oxygen atoms in total. The zero-order valence-corrected chi connectivity index (χ0v) is 14.5. The second kappa shape index (κ2) is 9.17. The number of amides is 1. The Kier molecular flexibility index (Phi) is 7.21. The lowest BCUT2D eigenvalue weighted by Crippen LogP contribution is -2.48. The minimum atomic E-state index is -0.249. The number of carbonyl (C=O) groups excluding carboxylic acids is 2. The first-order valence-corrected chi connectivity index (χ1v) is 9.48. The molecule has 122 valence electrons. The Hall–Kier alpha value is -1.05. The molecule has 0 N–H and O–H groups in total. The molecule has 0 radical (unpaired) electrons. The molecule has 2 heterocycles. The van der Waals surface area contributed by atoms with Gasteiger partial charge in [0.25, 0.3) is 0 Å². The van der Waals surface area contributed by atoms with Crippen molar-refractivity contribution in [2.24, 2.45) is 0 Å². The fourth-order valence-corrected chi connectivity index (χ4v) is 3.75. The first-order chi connectivity index (χ1) is 10.7. The number of esters is 1. The number of carbonyl (C=O) groups is 2. The van der Waals surface area contributed by atoms with E-state index in [0.717, 1.165) is 32.7 Å². The van der Waals surface area contributed by atoms with Gasteiger partial charge in [0.05, 0.1) is 18.1 Å². The molecule has 0 saturated carbocycles. The van der Waals surface area contributed by atoms with Gasteiger partial charge >= 0.3 is 5.97 Å². The number of ether oxygens (including phenoxy) is 1. The maximum atomic E-state index is 12.1. The molecule has 1 aromatic heterocycles. The van der Waals surface area contributed by atoms with E-state index in [0.29, 0.717) is 12.4 Å². The number of piperazine rings is 1. The minimum Gasteiger partial charge on any atom is -0.465 e. The Balaban J connectivity index is 1.63. The van der Waals surface area contributed by atoms with Gasteiger partial charge in [-0.15, -0.1) is 23.1 Å². The van der Waals surface area contributed by atoms with E-state index in [1.165, 1.54) is 16.6 Å². The van der Waals surface area contributed by atoms with Gasteiger partial charge in [0, 0.05) is 37.6 Å². The molecule has 0 unspecified atom stereocenters. The Morgan fingerprint density at radius 2 is 2.05 bits per heavy atom. The third-order valence-electron chi connectivity index (χ3n) is 3.44. The molecule has 0 aromatic carbocycles. The van der Waals surface area contributed by atoms with Crippen LogP contribution < -0.4 is 0 Å². The number of hydrogen-bond acceptors (Lipinski definition) is 6. The van der Waals surface area contributed by atoms with Crippen molar-refractivity contribution in [1.29, 1.82) is 0 Å². The van der Waals surface area contributed by atoms with E-state index < -0.39 is 0 Å². The molecule has 1 aliphatic heterocycles. The first kappa shape index (κ1) is 17.3. The van der Waals surface area contributed by atoms with Gasteiger partial charge in [-0.3, -0.25) is 14.5 Å². The average Bonchev–Trinajstić information content (AvgIpc) is 3.01. The number of nitrogens with zero attached hydrogens (tertiary/aromatic N) is 2. The van der Waals surface area contributed by atoms with E-state index in [9.17, 15) is 9.59 Å². The van der Waals surface area contributed by atoms with Crippen molar-refractivity contribution in [3.8, 4) is 0 Å². The average molecular weight is 342 g/mol. The van der Waals surface area contributed by atoms with Crippen LogP contribution in [0.25, 0.3) is 0 Å². The minimum absolute atomic E-state index is 0.116. The normalized spacial score (nSPS) is 15.8. The van der Waals surface area contributed by atoms with Crippen LogP contribution in [0.4, 0.5) is 0 Å². The van der Waals surface area contributed by atoms with Crippen LogP contribution in [0.2, 0.25) is 0 Å². The van der Waals surface area contributed by atoms with Gasteiger partial charge in [-0.2, -0.15) is 0 Å². The van der Waals surface area contributed by atoms with Crippen LogP contribution in [0.5, 0.6) is 0 Å². The van der Waals surface area contributed by atoms with Crippen LogP contribution in [-0.2, 0) is 20.9 Å². The largest absolute Gasteiger partial charge is 0.465 e. The van der Waals surface area contributed by atoms with Crippen LogP contribution in [0.3, 0.4) is 0 Å². The highest BCUT2D eigenvalue weighted by atomic mass is 32.2. The van der Waals surface area contributed by atoms with Crippen molar-refractivity contribution in [3.05, 3.63) is 22.4 Å². The third-order valence-corrected chi connectivity index (χ3v) is 5.19. The highest BCUT2D eigenvalue weighted by molar-refractivity contribution is 8.00. The molecule has 0 atom stereocenters. The summed E-state index contributed by atoms with van der Waals surface area (Å²) in [7, 11) is 0. The highest BCUT2D eigenvalue weighted by Gasteiger charge is 2.21. The van der Waals surface area contributed by atoms with Gasteiger partial charge in [0.1, 0.15) is 0 Å². The zero-order chi connectivity index (χ0) is 15.8. The van der Waals surface area contributed by atoms with Crippen LogP contribution >= 0.6 is 23.1 Å². The molecular formula is C15H22N2O3S2. The van der Waals surface area contributed by atoms with Gasteiger partial charge in [0.2, 0.25) is 5.91 Å². The van der Waals surface area contributed by atoms with Gasteiger partial charge in [-0.25, -0.2) is 0 Å². The van der Waals surface area contributed by atoms with Crippen molar-refractivity contribution in [3.63, 3.8) is 0 Å². The Bertz CT molecular complexity index is 471. The summed E-state index contributed by atoms with van der Waals surface area (Å²) in [6.45, 7) is 6.49. The third kappa shape index (κ3) is 5.62. The van der Waals surface area contributed by atoms with E-state index in [4.69, 9.17) is 4.74 Å². The summed E-state index contributed by atoms with van der Waals surface area (Å²) in [6, 6.07) is 4.22. The van der Waals surface area contributed by atoms with Gasteiger partial charge < -0.3 is 9.64 Å². The van der Waals surface area contributed by atoms with Crippen LogP contribution in [0.1, 0.15) is 11.8 Å². The lowest BCUT2D eigenvalue weighted by Gasteiger charge is -2.34. The number of hydrogen-bond donors (Lipinski definition) is 0. The summed E-state index contributed by atoms with van der Waals surface area (Å²) in [6.07, 6.45) is 0. The van der Waals surface area contributed by atoms with E-state index >= 15 is 0 Å². The van der Waals surface area contributed by atoms with Crippen molar-refractivity contribution in [1.82, 2.24) is 9.80 Å². The summed E-state index contributed by atoms with van der Waals surface area (Å²) in [5, 5.41) is 2.09. The summed E-state index contributed by atoms with van der Waals surface area (Å²) in [5.41, 5.74) is 0. The molecule has 1 aromatic rings. The molecule has 1 saturated heterocycles. The second-order valence-corrected chi connectivity index (χ2v) is 7.05. The predicted molar refractivity (Wildman–Crippen MR) is 90.1 cm³/mol. The SMILES string of the molecule is CCOC(=O)CSCC(=O)N1CCN(Cc2cccs2)CC1. The number of thioether (sulfide) groups is 1. The fourth-order valence-electron chi connectivity index (χ4n) is 2.29. The maximum absolute atomic E-state index is 12.1. The van der Waals surface area contributed by atoms with Crippen LogP contribution in [-0.4, -0.2) is 66.0 Å². The Morgan fingerprint density at radius 3 is 2.68 bits per heavy atom. The summed E-state index contributed by atoms with van der Waals surface area (Å²) in [5.74, 6) is 0.466. The topological polar surface area (TPSA) is 49.9 Å². The Morgan fingerprint density at radius 1 is 1.27 bits per heavy atom. The van der Waals surface area contributed by atoms with Crippen molar-refractivity contribution in [2.75, 3.05) is 44.3 Å². The molecule has 0 spiro atoms. The van der Waals surface area contributed by atoms with Crippen molar-refractivity contribution in [2.45, 2.75) is 13.5 Å². The summed E-state index contributed by atoms with van der Waals surface area (Å²) in [4.78, 5) is 29.0. The summed E-state index contributed by atoms with van der Waals surface area (Å²) < 4.78 is 4.84. The molecule has 7 heteroatoms. The molecule has 1 amide bonds. The molecule has 1 aliphatic rings. The highest BCUT2D eigenvalue weighted by Crippen LogP contribution is 2.14. The van der Waals surface area contributed by atoms with Gasteiger partial charge in [-0.05, 0) is 18.4 Å². The molecular weight excluding hydrogens is 320 g/mol. The van der Waals surface area contributed by atoms with Gasteiger partial charge in [-0.1, -0.05) is 6.07 Å². The quantitative estimate of drug-likeness (QED) is 0.706. The number of thiophene rings is 1. The van der Waals surface area contributed by atoms with Gasteiger partial charge in [0.15, 0.2) is 0 Å². The fraction of sp³-hybridized carbons (Fsp3) is 0.600. The molecule has 22 heavy (non-hydrogen) atoms. The summed E-state index contributed by atoms with van der Waals surface area (Å²) >= 11 is 3.10. The zero-order valence-electron chi connectivity index (χ0n) is 12.8. The standard InChI is InChI=1S/C15H22N2O3S2/c1-2-20-15(19)12-21-11-14(18)17-7-5-16(6-8-17)10-13-4-3-9-22-13/h3-4,9H,2,5-8,10-12H2,1H3. The van der Waals surface area contributed by atoms with E-state index in [-0.39, 0.29) is 17.6 Å². The van der Waals surface area contributed by atoms with Crippen molar-refractivity contribution >= 4 is 35.0 Å². The number of rotatable bonds is 7. The predicted octanol–water partition coefficient (Wildman–Crippen LogP) is 1.69. The molecule has 0 bridgehead atoms. The molecule has 1 fully saturated rings. The second-order valence-electron chi connectivity index (χ2n) is 5.03. The van der Waals surface area contributed by atoms with E-state index in [1.54, 1.807) is 18.3 Å². The smallest absolute Gasteiger partial charge is 0.315 e. The van der Waals surface area contributed by atoms with Crippen LogP contribution in [0, 0.1) is 0 Å². The molecule has 2 rings (SSSR count).